The van der Waals surface area contributed by atoms with Crippen molar-refractivity contribution < 1.29 is 0 Å². The van der Waals surface area contributed by atoms with Gasteiger partial charge in [-0.1, -0.05) is 24.3 Å². The molecule has 1 rings (SSSR count). The first-order chi connectivity index (χ1) is 8.61. The molecule has 6 heteroatoms. The Labute approximate surface area is 107 Å². The molecule has 0 bridgehead atoms. The van der Waals surface area contributed by atoms with Gasteiger partial charge in [-0.05, 0) is 30.5 Å². The van der Waals surface area contributed by atoms with Crippen molar-refractivity contribution >= 4 is 11.9 Å². The molecule has 0 aliphatic heterocycles. The fourth-order valence-corrected chi connectivity index (χ4v) is 1.55. The van der Waals surface area contributed by atoms with Crippen molar-refractivity contribution in [2.45, 2.75) is 12.8 Å². The molecule has 0 aliphatic rings. The molecule has 0 fully saturated rings. The van der Waals surface area contributed by atoms with Crippen molar-refractivity contribution in [2.75, 3.05) is 13.1 Å². The molecule has 0 spiro atoms. The molecule has 0 amide bonds. The third-order valence-corrected chi connectivity index (χ3v) is 2.43. The van der Waals surface area contributed by atoms with Crippen molar-refractivity contribution in [3.05, 3.63) is 35.4 Å². The molecular formula is C12H20N6. The highest BCUT2D eigenvalue weighted by molar-refractivity contribution is 5.94. The second-order valence-corrected chi connectivity index (χ2v) is 3.95. The highest BCUT2D eigenvalue weighted by Crippen LogP contribution is 2.04. The predicted octanol–water partition coefficient (Wildman–Crippen LogP) is -0.262. The molecule has 8 N–H and O–H groups in total. The summed E-state index contributed by atoms with van der Waals surface area (Å²) in [5.74, 6) is -0.194. The molecule has 0 aromatic heterocycles. The molecule has 0 radical (unpaired) electrons. The van der Waals surface area contributed by atoms with Crippen LogP contribution in [0.4, 0.5) is 0 Å². The molecular weight excluding hydrogens is 228 g/mol. The zero-order chi connectivity index (χ0) is 13.4. The zero-order valence-electron chi connectivity index (χ0n) is 10.3. The predicted molar refractivity (Wildman–Crippen MR) is 73.7 cm³/mol. The average molecular weight is 248 g/mol. The first-order valence-electron chi connectivity index (χ1n) is 5.83. The molecule has 1 aromatic carbocycles. The lowest BCUT2D eigenvalue weighted by atomic mass is 10.1. The van der Waals surface area contributed by atoms with Gasteiger partial charge in [-0.3, -0.25) is 16.1 Å². The van der Waals surface area contributed by atoms with E-state index in [1.807, 2.05) is 0 Å². The van der Waals surface area contributed by atoms with E-state index in [0.717, 1.165) is 12.8 Å². The Balaban J connectivity index is 2.31. The Morgan fingerprint density at radius 1 is 1.06 bits per heavy atom. The number of nitrogens with two attached hydrogens (primary N) is 2. The van der Waals surface area contributed by atoms with Gasteiger partial charge in [0.15, 0.2) is 11.9 Å². The largest absolute Gasteiger partial charge is 0.370 e. The minimum atomic E-state index is -0.237. The van der Waals surface area contributed by atoms with E-state index in [2.05, 4.69) is 34.9 Å². The molecule has 18 heavy (non-hydrogen) atoms. The molecule has 1 aromatic rings. The maximum atomic E-state index is 7.42. The van der Waals surface area contributed by atoms with Crippen LogP contribution in [0.3, 0.4) is 0 Å². The van der Waals surface area contributed by atoms with Gasteiger partial charge in [-0.25, -0.2) is 0 Å². The van der Waals surface area contributed by atoms with Crippen LogP contribution >= 0.6 is 0 Å². The second kappa shape index (κ2) is 7.29. The summed E-state index contributed by atoms with van der Waals surface area (Å²) in [6, 6.07) is 8.27. The summed E-state index contributed by atoms with van der Waals surface area (Å²) in [7, 11) is 0. The minimum absolute atomic E-state index is 0.0438. The Morgan fingerprint density at radius 2 is 1.61 bits per heavy atom. The topological polar surface area (TPSA) is 124 Å². The van der Waals surface area contributed by atoms with Crippen LogP contribution in [0.1, 0.15) is 11.1 Å². The van der Waals surface area contributed by atoms with Gasteiger partial charge in [-0.2, -0.15) is 0 Å². The van der Waals surface area contributed by atoms with Crippen LogP contribution in [0.25, 0.3) is 0 Å². The Morgan fingerprint density at radius 3 is 2.11 bits per heavy atom. The van der Waals surface area contributed by atoms with Gasteiger partial charge in [-0.15, -0.1) is 0 Å². The third-order valence-electron chi connectivity index (χ3n) is 2.43. The van der Waals surface area contributed by atoms with Gasteiger partial charge in [0.05, 0.1) is 0 Å². The van der Waals surface area contributed by atoms with Crippen LogP contribution in [0.15, 0.2) is 24.3 Å². The number of hydrogen-bond donors (Lipinski definition) is 6. The summed E-state index contributed by atoms with van der Waals surface area (Å²) in [6.45, 7) is 1.28. The average Bonchev–Trinajstić information content (AvgIpc) is 2.31. The zero-order valence-corrected chi connectivity index (χ0v) is 10.3. The van der Waals surface area contributed by atoms with Gasteiger partial charge in [0.2, 0.25) is 0 Å². The van der Waals surface area contributed by atoms with Crippen LogP contribution in [0, 0.1) is 10.8 Å². The first-order valence-corrected chi connectivity index (χ1v) is 5.83. The highest BCUT2D eigenvalue weighted by atomic mass is 15.2. The van der Waals surface area contributed by atoms with E-state index in [1.54, 1.807) is 0 Å². The summed E-state index contributed by atoms with van der Waals surface area (Å²) in [6.07, 6.45) is 1.70. The lowest BCUT2D eigenvalue weighted by Gasteiger charge is -2.09. The summed E-state index contributed by atoms with van der Waals surface area (Å²) in [4.78, 5) is 0. The van der Waals surface area contributed by atoms with E-state index in [0.29, 0.717) is 13.1 Å². The summed E-state index contributed by atoms with van der Waals surface area (Å²) in [5, 5.41) is 19.6. The number of hydrogen-bond acceptors (Lipinski definition) is 3. The SMILES string of the molecule is N=C(N)NC(=N)NCCc1ccc(CCN)cc1. The van der Waals surface area contributed by atoms with Crippen LogP contribution in [0.5, 0.6) is 0 Å². The molecule has 0 heterocycles. The number of rotatable bonds is 5. The Kier molecular flexibility index (Phi) is 5.66. The standard InChI is InChI=1S/C12H20N6/c13-7-5-9-1-3-10(4-2-9)6-8-17-12(16)18-11(14)15/h1-4H,5-8,13H2,(H6,14,15,16,17,18). The van der Waals surface area contributed by atoms with Crippen molar-refractivity contribution in [1.29, 1.82) is 10.8 Å². The van der Waals surface area contributed by atoms with E-state index < -0.39 is 0 Å². The molecule has 0 unspecified atom stereocenters. The summed E-state index contributed by atoms with van der Waals surface area (Å²) >= 11 is 0. The maximum absolute atomic E-state index is 7.42. The number of guanidine groups is 2. The lowest BCUT2D eigenvalue weighted by Crippen LogP contribution is -2.43. The van der Waals surface area contributed by atoms with Gasteiger partial charge < -0.3 is 16.8 Å². The van der Waals surface area contributed by atoms with Gasteiger partial charge >= 0.3 is 0 Å². The van der Waals surface area contributed by atoms with Crippen LogP contribution < -0.4 is 22.1 Å². The smallest absolute Gasteiger partial charge is 0.195 e. The first kappa shape index (κ1) is 14.0. The normalized spacial score (nSPS) is 9.83. The Hall–Kier alpha value is -2.08. The van der Waals surface area contributed by atoms with Crippen LogP contribution in [0.2, 0.25) is 0 Å². The van der Waals surface area contributed by atoms with E-state index in [4.69, 9.17) is 22.3 Å². The minimum Gasteiger partial charge on any atom is -0.370 e. The quantitative estimate of drug-likeness (QED) is 0.317. The second-order valence-electron chi connectivity index (χ2n) is 3.95. The van der Waals surface area contributed by atoms with Crippen molar-refractivity contribution in [2.24, 2.45) is 11.5 Å². The fourth-order valence-electron chi connectivity index (χ4n) is 1.55. The molecule has 0 saturated heterocycles. The summed E-state index contributed by atoms with van der Waals surface area (Å²) < 4.78 is 0. The molecule has 6 nitrogen and oxygen atoms in total. The van der Waals surface area contributed by atoms with Crippen molar-refractivity contribution in [3.63, 3.8) is 0 Å². The van der Waals surface area contributed by atoms with Crippen LogP contribution in [-0.2, 0) is 12.8 Å². The van der Waals surface area contributed by atoms with Gasteiger partial charge in [0, 0.05) is 6.54 Å². The molecule has 0 aliphatic carbocycles. The highest BCUT2D eigenvalue weighted by Gasteiger charge is 1.97. The lowest BCUT2D eigenvalue weighted by molar-refractivity contribution is 0.840. The van der Waals surface area contributed by atoms with Gasteiger partial charge in [0.1, 0.15) is 0 Å². The third kappa shape index (κ3) is 5.31. The Bertz CT molecular complexity index is 398. The fraction of sp³-hybridized carbons (Fsp3) is 0.333. The monoisotopic (exact) mass is 248 g/mol. The van der Waals surface area contributed by atoms with Crippen molar-refractivity contribution in [3.8, 4) is 0 Å². The van der Waals surface area contributed by atoms with E-state index in [9.17, 15) is 0 Å². The summed E-state index contributed by atoms with van der Waals surface area (Å²) in [5.41, 5.74) is 13.0. The van der Waals surface area contributed by atoms with E-state index in [-0.39, 0.29) is 11.9 Å². The number of nitrogens with one attached hydrogen (secondary N) is 4. The molecule has 0 saturated carbocycles. The van der Waals surface area contributed by atoms with Gasteiger partial charge in [0.25, 0.3) is 0 Å². The number of benzene rings is 1. The van der Waals surface area contributed by atoms with E-state index in [1.165, 1.54) is 11.1 Å². The van der Waals surface area contributed by atoms with Crippen molar-refractivity contribution in [1.82, 2.24) is 10.6 Å². The molecule has 0 atom stereocenters. The van der Waals surface area contributed by atoms with E-state index >= 15 is 0 Å². The van der Waals surface area contributed by atoms with Crippen LogP contribution in [-0.4, -0.2) is 25.0 Å². The maximum Gasteiger partial charge on any atom is 0.195 e. The molecule has 98 valence electrons.